The molecule has 128 valence electrons. The molecule has 1 aliphatic heterocycles. The van der Waals surface area contributed by atoms with Crippen LogP contribution in [0.2, 0.25) is 5.02 Å². The maximum atomic E-state index is 12.7. The van der Waals surface area contributed by atoms with E-state index in [0.29, 0.717) is 36.6 Å². The first-order chi connectivity index (χ1) is 11.4. The summed E-state index contributed by atoms with van der Waals surface area (Å²) in [7, 11) is 3.82. The number of hydrogen-bond acceptors (Lipinski definition) is 4. The Labute approximate surface area is 146 Å². The number of likely N-dealkylation sites (N-methyl/N-ethyl adjacent to an activating group) is 1. The van der Waals surface area contributed by atoms with Crippen LogP contribution >= 0.6 is 11.6 Å². The van der Waals surface area contributed by atoms with Crippen LogP contribution in [0.15, 0.2) is 36.7 Å². The first-order valence-corrected chi connectivity index (χ1v) is 8.22. The van der Waals surface area contributed by atoms with Gasteiger partial charge in [-0.2, -0.15) is 5.10 Å². The molecule has 0 bridgehead atoms. The standard InChI is InChI=1S/C17H21ClN4O2/c1-20(2)11-17(24)6-9-21(12-17)16(23)14-5-4-13(10-15(14)18)22-8-3-7-19-22/h3-5,7-8,10,24H,6,9,11-12H2,1-2H3/t17-/m1/s1. The van der Waals surface area contributed by atoms with E-state index in [4.69, 9.17) is 11.6 Å². The molecular weight excluding hydrogens is 328 g/mol. The van der Waals surface area contributed by atoms with E-state index < -0.39 is 5.60 Å². The zero-order chi connectivity index (χ0) is 17.3. The van der Waals surface area contributed by atoms with Crippen LogP contribution in [0.4, 0.5) is 0 Å². The molecule has 1 aliphatic rings. The van der Waals surface area contributed by atoms with Gasteiger partial charge in [-0.05, 0) is 44.8 Å². The topological polar surface area (TPSA) is 61.6 Å². The number of likely N-dealkylation sites (tertiary alicyclic amines) is 1. The van der Waals surface area contributed by atoms with Crippen molar-refractivity contribution in [1.82, 2.24) is 19.6 Å². The number of aliphatic hydroxyl groups is 1. The van der Waals surface area contributed by atoms with Crippen molar-refractivity contribution in [2.75, 3.05) is 33.7 Å². The van der Waals surface area contributed by atoms with Crippen LogP contribution in [0.5, 0.6) is 0 Å². The van der Waals surface area contributed by atoms with Crippen molar-refractivity contribution < 1.29 is 9.90 Å². The molecule has 1 fully saturated rings. The predicted octanol–water partition coefficient (Wildman–Crippen LogP) is 1.66. The molecule has 1 aromatic heterocycles. The van der Waals surface area contributed by atoms with E-state index >= 15 is 0 Å². The molecule has 1 N–H and O–H groups in total. The number of amides is 1. The van der Waals surface area contributed by atoms with E-state index in [1.165, 1.54) is 0 Å². The summed E-state index contributed by atoms with van der Waals surface area (Å²) in [5.74, 6) is -0.151. The molecule has 6 nitrogen and oxygen atoms in total. The zero-order valence-electron chi connectivity index (χ0n) is 13.8. The lowest BCUT2D eigenvalue weighted by Gasteiger charge is -2.26. The molecule has 1 amide bonds. The van der Waals surface area contributed by atoms with Crippen molar-refractivity contribution in [3.05, 3.63) is 47.2 Å². The highest BCUT2D eigenvalue weighted by Crippen LogP contribution is 2.27. The van der Waals surface area contributed by atoms with Crippen LogP contribution in [-0.4, -0.2) is 69.9 Å². The van der Waals surface area contributed by atoms with Crippen molar-refractivity contribution in [3.8, 4) is 5.69 Å². The molecule has 2 aromatic rings. The van der Waals surface area contributed by atoms with Gasteiger partial charge in [0.15, 0.2) is 0 Å². The maximum absolute atomic E-state index is 12.7. The van der Waals surface area contributed by atoms with Crippen molar-refractivity contribution in [1.29, 1.82) is 0 Å². The SMILES string of the molecule is CN(C)C[C@]1(O)CCN(C(=O)c2ccc(-n3cccn3)cc2Cl)C1. The molecule has 1 atom stereocenters. The lowest BCUT2D eigenvalue weighted by molar-refractivity contribution is 0.0236. The number of carbonyl (C=O) groups excluding carboxylic acids is 1. The molecule has 2 heterocycles. The van der Waals surface area contributed by atoms with Gasteiger partial charge < -0.3 is 14.9 Å². The number of rotatable bonds is 4. The fourth-order valence-corrected chi connectivity index (χ4v) is 3.41. The summed E-state index contributed by atoms with van der Waals surface area (Å²) in [5, 5.41) is 15.1. The van der Waals surface area contributed by atoms with Gasteiger partial charge in [-0.1, -0.05) is 11.6 Å². The minimum atomic E-state index is -0.860. The summed E-state index contributed by atoms with van der Waals surface area (Å²) in [6.07, 6.45) is 4.07. The fourth-order valence-electron chi connectivity index (χ4n) is 3.16. The number of halogens is 1. The van der Waals surface area contributed by atoms with E-state index in [1.54, 1.807) is 27.9 Å². The van der Waals surface area contributed by atoms with Gasteiger partial charge in [-0.3, -0.25) is 4.79 Å². The van der Waals surface area contributed by atoms with Crippen LogP contribution in [-0.2, 0) is 0 Å². The summed E-state index contributed by atoms with van der Waals surface area (Å²) < 4.78 is 1.69. The van der Waals surface area contributed by atoms with Crippen LogP contribution in [0, 0.1) is 0 Å². The number of aromatic nitrogens is 2. The van der Waals surface area contributed by atoms with Gasteiger partial charge in [0, 0.05) is 25.5 Å². The lowest BCUT2D eigenvalue weighted by Crippen LogP contribution is -2.43. The molecule has 0 spiro atoms. The molecule has 7 heteroatoms. The minimum Gasteiger partial charge on any atom is -0.387 e. The second kappa shape index (κ2) is 6.55. The number of benzene rings is 1. The van der Waals surface area contributed by atoms with Gasteiger partial charge >= 0.3 is 0 Å². The summed E-state index contributed by atoms with van der Waals surface area (Å²) in [4.78, 5) is 16.3. The molecule has 3 rings (SSSR count). The van der Waals surface area contributed by atoms with E-state index in [9.17, 15) is 9.90 Å². The Morgan fingerprint density at radius 3 is 2.88 bits per heavy atom. The Bertz CT molecular complexity index is 732. The summed E-state index contributed by atoms with van der Waals surface area (Å²) >= 11 is 6.32. The monoisotopic (exact) mass is 348 g/mol. The average molecular weight is 349 g/mol. The van der Waals surface area contributed by atoms with Gasteiger partial charge in [0.1, 0.15) is 0 Å². The van der Waals surface area contributed by atoms with Gasteiger partial charge in [0.25, 0.3) is 5.91 Å². The predicted molar refractivity (Wildman–Crippen MR) is 92.6 cm³/mol. The van der Waals surface area contributed by atoms with E-state index in [1.807, 2.05) is 37.3 Å². The highest BCUT2D eigenvalue weighted by molar-refractivity contribution is 6.34. The Morgan fingerprint density at radius 1 is 1.46 bits per heavy atom. The molecule has 0 radical (unpaired) electrons. The normalized spacial score (nSPS) is 20.8. The third-order valence-electron chi connectivity index (χ3n) is 4.18. The van der Waals surface area contributed by atoms with Crippen molar-refractivity contribution >= 4 is 17.5 Å². The third-order valence-corrected chi connectivity index (χ3v) is 4.49. The summed E-state index contributed by atoms with van der Waals surface area (Å²) in [5.41, 5.74) is 0.384. The number of β-amino-alcohol motifs (C(OH)–C–C–N with tert-alkyl or cyclic N) is 1. The first kappa shape index (κ1) is 17.0. The third kappa shape index (κ3) is 3.45. The molecular formula is C17H21ClN4O2. The summed E-state index contributed by atoms with van der Waals surface area (Å²) in [6.45, 7) is 1.38. The van der Waals surface area contributed by atoms with Crippen molar-refractivity contribution in [3.63, 3.8) is 0 Å². The Morgan fingerprint density at radius 2 is 2.25 bits per heavy atom. The molecule has 24 heavy (non-hydrogen) atoms. The number of carbonyl (C=O) groups is 1. The number of nitrogens with zero attached hydrogens (tertiary/aromatic N) is 4. The minimum absolute atomic E-state index is 0.151. The smallest absolute Gasteiger partial charge is 0.255 e. The van der Waals surface area contributed by atoms with Gasteiger partial charge in [-0.15, -0.1) is 0 Å². The molecule has 1 saturated heterocycles. The van der Waals surface area contributed by atoms with Gasteiger partial charge in [0.05, 0.1) is 28.4 Å². The van der Waals surface area contributed by atoms with Crippen LogP contribution in [0.3, 0.4) is 0 Å². The Hall–Kier alpha value is -1.89. The van der Waals surface area contributed by atoms with E-state index in [-0.39, 0.29) is 5.91 Å². The maximum Gasteiger partial charge on any atom is 0.255 e. The highest BCUT2D eigenvalue weighted by atomic mass is 35.5. The fraction of sp³-hybridized carbons (Fsp3) is 0.412. The van der Waals surface area contributed by atoms with Gasteiger partial charge in [0.2, 0.25) is 0 Å². The second-order valence-electron chi connectivity index (χ2n) is 6.55. The molecule has 1 aromatic carbocycles. The van der Waals surface area contributed by atoms with Crippen LogP contribution in [0.1, 0.15) is 16.8 Å². The van der Waals surface area contributed by atoms with Crippen LogP contribution in [0.25, 0.3) is 5.69 Å². The zero-order valence-corrected chi connectivity index (χ0v) is 14.6. The first-order valence-electron chi connectivity index (χ1n) is 7.84. The molecule has 0 saturated carbocycles. The second-order valence-corrected chi connectivity index (χ2v) is 6.96. The average Bonchev–Trinajstić information content (AvgIpc) is 3.15. The van der Waals surface area contributed by atoms with Crippen molar-refractivity contribution in [2.45, 2.75) is 12.0 Å². The summed E-state index contributed by atoms with van der Waals surface area (Å²) in [6, 6.07) is 7.08. The highest BCUT2D eigenvalue weighted by Gasteiger charge is 2.39. The van der Waals surface area contributed by atoms with E-state index in [0.717, 1.165) is 5.69 Å². The van der Waals surface area contributed by atoms with E-state index in [2.05, 4.69) is 5.10 Å². The number of hydrogen-bond donors (Lipinski definition) is 1. The van der Waals surface area contributed by atoms with Crippen molar-refractivity contribution in [2.24, 2.45) is 0 Å². The molecule has 0 aliphatic carbocycles. The largest absolute Gasteiger partial charge is 0.387 e. The quantitative estimate of drug-likeness (QED) is 0.913. The lowest BCUT2D eigenvalue weighted by atomic mass is 10.0. The Kier molecular flexibility index (Phi) is 4.62. The Balaban J connectivity index is 1.76. The van der Waals surface area contributed by atoms with Crippen LogP contribution < -0.4 is 0 Å². The molecule has 0 unspecified atom stereocenters. The van der Waals surface area contributed by atoms with Gasteiger partial charge in [-0.25, -0.2) is 4.68 Å².